The summed E-state index contributed by atoms with van der Waals surface area (Å²) in [6.07, 6.45) is 6.34. The third-order valence-electron chi connectivity index (χ3n) is 3.32. The summed E-state index contributed by atoms with van der Waals surface area (Å²) in [7, 11) is 0. The van der Waals surface area contributed by atoms with E-state index in [1.54, 1.807) is 18.5 Å². The number of anilines is 1. The zero-order chi connectivity index (χ0) is 15.4. The molecular weight excluding hydrogens is 276 g/mol. The van der Waals surface area contributed by atoms with Gasteiger partial charge in [0.2, 0.25) is 0 Å². The second-order valence-corrected chi connectivity index (χ2v) is 4.74. The van der Waals surface area contributed by atoms with Crippen LogP contribution in [-0.4, -0.2) is 20.9 Å². The molecule has 5 nitrogen and oxygen atoms in total. The van der Waals surface area contributed by atoms with Gasteiger partial charge in [0.1, 0.15) is 0 Å². The van der Waals surface area contributed by atoms with Gasteiger partial charge in [-0.2, -0.15) is 0 Å². The van der Waals surface area contributed by atoms with Crippen LogP contribution >= 0.6 is 0 Å². The quantitative estimate of drug-likeness (QED) is 0.804. The summed E-state index contributed by atoms with van der Waals surface area (Å²) < 4.78 is 0. The predicted octanol–water partition coefficient (Wildman–Crippen LogP) is 3.10. The minimum atomic E-state index is -0.212. The van der Waals surface area contributed by atoms with Crippen molar-refractivity contribution < 1.29 is 4.79 Å². The molecule has 3 rings (SSSR count). The highest BCUT2D eigenvalue weighted by molar-refractivity contribution is 6.05. The van der Waals surface area contributed by atoms with Crippen molar-refractivity contribution in [1.29, 1.82) is 0 Å². The molecule has 3 aromatic rings. The van der Waals surface area contributed by atoms with Crippen LogP contribution in [0.15, 0.2) is 61.2 Å². The standard InChI is InChI=1S/C17H14N4O/c1-12-13(15-7-2-3-8-19-15)5-4-6-14(12)17(22)21-16-11-18-9-10-20-16/h2-11H,1H3,(H,20,21,22). The highest BCUT2D eigenvalue weighted by Crippen LogP contribution is 2.24. The Morgan fingerprint density at radius 1 is 1.00 bits per heavy atom. The molecule has 0 aliphatic heterocycles. The number of carbonyl (C=O) groups is 1. The average molecular weight is 290 g/mol. The molecule has 0 aliphatic carbocycles. The fraction of sp³-hybridized carbons (Fsp3) is 0.0588. The molecule has 1 amide bonds. The van der Waals surface area contributed by atoms with E-state index in [1.165, 1.54) is 12.4 Å². The van der Waals surface area contributed by atoms with E-state index in [0.29, 0.717) is 11.4 Å². The topological polar surface area (TPSA) is 67.8 Å². The number of hydrogen-bond donors (Lipinski definition) is 1. The largest absolute Gasteiger partial charge is 0.305 e. The van der Waals surface area contributed by atoms with Crippen LogP contribution in [0.25, 0.3) is 11.3 Å². The van der Waals surface area contributed by atoms with Gasteiger partial charge in [0.15, 0.2) is 5.82 Å². The van der Waals surface area contributed by atoms with Gasteiger partial charge in [-0.25, -0.2) is 4.98 Å². The number of benzene rings is 1. The fourth-order valence-corrected chi connectivity index (χ4v) is 2.23. The normalized spacial score (nSPS) is 10.2. The Morgan fingerprint density at radius 3 is 2.64 bits per heavy atom. The first-order valence-electron chi connectivity index (χ1n) is 6.84. The van der Waals surface area contributed by atoms with Gasteiger partial charge < -0.3 is 5.32 Å². The van der Waals surface area contributed by atoms with Crippen LogP contribution in [0.5, 0.6) is 0 Å². The van der Waals surface area contributed by atoms with Gasteiger partial charge in [0, 0.05) is 29.7 Å². The van der Waals surface area contributed by atoms with Crippen molar-refractivity contribution in [3.05, 3.63) is 72.3 Å². The van der Waals surface area contributed by atoms with E-state index >= 15 is 0 Å². The maximum absolute atomic E-state index is 12.4. The van der Waals surface area contributed by atoms with Gasteiger partial charge in [-0.15, -0.1) is 0 Å². The lowest BCUT2D eigenvalue weighted by Gasteiger charge is -2.11. The molecule has 0 radical (unpaired) electrons. The molecular formula is C17H14N4O. The summed E-state index contributed by atoms with van der Waals surface area (Å²) in [5.41, 5.74) is 3.25. The number of aromatic nitrogens is 3. The molecule has 0 bridgehead atoms. The van der Waals surface area contributed by atoms with Gasteiger partial charge >= 0.3 is 0 Å². The van der Waals surface area contributed by atoms with Crippen LogP contribution in [0.2, 0.25) is 0 Å². The van der Waals surface area contributed by atoms with E-state index in [1.807, 2.05) is 37.3 Å². The van der Waals surface area contributed by atoms with Crippen molar-refractivity contribution in [3.8, 4) is 11.3 Å². The lowest BCUT2D eigenvalue weighted by Crippen LogP contribution is -2.14. The molecule has 108 valence electrons. The second kappa shape index (κ2) is 6.13. The lowest BCUT2D eigenvalue weighted by molar-refractivity contribution is 0.102. The monoisotopic (exact) mass is 290 g/mol. The Labute approximate surface area is 128 Å². The van der Waals surface area contributed by atoms with Crippen molar-refractivity contribution in [3.63, 3.8) is 0 Å². The zero-order valence-corrected chi connectivity index (χ0v) is 12.0. The number of pyridine rings is 1. The molecule has 1 aromatic carbocycles. The van der Waals surface area contributed by atoms with E-state index in [4.69, 9.17) is 0 Å². The van der Waals surface area contributed by atoms with Gasteiger partial charge in [-0.05, 0) is 30.7 Å². The first kappa shape index (κ1) is 13.9. The zero-order valence-electron chi connectivity index (χ0n) is 12.0. The summed E-state index contributed by atoms with van der Waals surface area (Å²) >= 11 is 0. The molecule has 22 heavy (non-hydrogen) atoms. The van der Waals surface area contributed by atoms with E-state index in [0.717, 1.165) is 16.8 Å². The van der Waals surface area contributed by atoms with Gasteiger partial charge in [0.05, 0.1) is 11.9 Å². The molecule has 0 spiro atoms. The van der Waals surface area contributed by atoms with Gasteiger partial charge in [-0.3, -0.25) is 14.8 Å². The van der Waals surface area contributed by atoms with Crippen molar-refractivity contribution in [2.75, 3.05) is 5.32 Å². The summed E-state index contributed by atoms with van der Waals surface area (Å²) in [5, 5.41) is 2.74. The minimum absolute atomic E-state index is 0.212. The number of carbonyl (C=O) groups excluding carboxylic acids is 1. The highest BCUT2D eigenvalue weighted by Gasteiger charge is 2.13. The van der Waals surface area contributed by atoms with E-state index < -0.39 is 0 Å². The number of nitrogens with one attached hydrogen (secondary N) is 1. The molecule has 0 unspecified atom stereocenters. The van der Waals surface area contributed by atoms with Crippen LogP contribution in [0.1, 0.15) is 15.9 Å². The molecule has 2 aromatic heterocycles. The third-order valence-corrected chi connectivity index (χ3v) is 3.32. The van der Waals surface area contributed by atoms with Crippen molar-refractivity contribution in [2.45, 2.75) is 6.92 Å². The van der Waals surface area contributed by atoms with Crippen LogP contribution in [0.4, 0.5) is 5.82 Å². The Morgan fingerprint density at radius 2 is 1.91 bits per heavy atom. The predicted molar refractivity (Wildman–Crippen MR) is 84.4 cm³/mol. The molecule has 5 heteroatoms. The molecule has 0 fully saturated rings. The second-order valence-electron chi connectivity index (χ2n) is 4.74. The SMILES string of the molecule is Cc1c(C(=O)Nc2cnccn2)cccc1-c1ccccn1. The number of hydrogen-bond acceptors (Lipinski definition) is 4. The number of nitrogens with zero attached hydrogens (tertiary/aromatic N) is 3. The van der Waals surface area contributed by atoms with Gasteiger partial charge in [-0.1, -0.05) is 18.2 Å². The molecule has 0 saturated carbocycles. The maximum Gasteiger partial charge on any atom is 0.257 e. The molecule has 0 atom stereocenters. The van der Waals surface area contributed by atoms with Gasteiger partial charge in [0.25, 0.3) is 5.91 Å². The lowest BCUT2D eigenvalue weighted by atomic mass is 9.99. The van der Waals surface area contributed by atoms with E-state index in [9.17, 15) is 4.79 Å². The van der Waals surface area contributed by atoms with Crippen LogP contribution in [0.3, 0.4) is 0 Å². The number of rotatable bonds is 3. The summed E-state index contributed by atoms with van der Waals surface area (Å²) in [4.78, 5) is 24.7. The summed E-state index contributed by atoms with van der Waals surface area (Å²) in [5.74, 6) is 0.214. The van der Waals surface area contributed by atoms with Crippen molar-refractivity contribution in [2.24, 2.45) is 0 Å². The van der Waals surface area contributed by atoms with Crippen LogP contribution in [0, 0.1) is 6.92 Å². The molecule has 2 heterocycles. The van der Waals surface area contributed by atoms with Crippen LogP contribution in [-0.2, 0) is 0 Å². The van der Waals surface area contributed by atoms with Crippen molar-refractivity contribution >= 4 is 11.7 Å². The van der Waals surface area contributed by atoms with Crippen molar-refractivity contribution in [1.82, 2.24) is 15.0 Å². The number of amides is 1. The van der Waals surface area contributed by atoms with E-state index in [2.05, 4.69) is 20.3 Å². The first-order chi connectivity index (χ1) is 10.8. The Bertz CT molecular complexity index is 788. The van der Waals surface area contributed by atoms with E-state index in [-0.39, 0.29) is 5.91 Å². The molecule has 0 saturated heterocycles. The summed E-state index contributed by atoms with van der Waals surface area (Å²) in [6.45, 7) is 1.91. The minimum Gasteiger partial charge on any atom is -0.305 e. The first-order valence-corrected chi connectivity index (χ1v) is 6.84. The average Bonchev–Trinajstić information content (AvgIpc) is 2.56. The molecule has 0 aliphatic rings. The summed E-state index contributed by atoms with van der Waals surface area (Å²) in [6, 6.07) is 11.3. The maximum atomic E-state index is 12.4. The van der Waals surface area contributed by atoms with Crippen LogP contribution < -0.4 is 5.32 Å². The Hall–Kier alpha value is -3.08. The fourth-order valence-electron chi connectivity index (χ4n) is 2.23. The highest BCUT2D eigenvalue weighted by atomic mass is 16.1. The third kappa shape index (κ3) is 2.83. The molecule has 1 N–H and O–H groups in total. The Balaban J connectivity index is 1.93. The smallest absolute Gasteiger partial charge is 0.257 e. The Kier molecular flexibility index (Phi) is 3.87.